The number of rotatable bonds is 8. The number of carbonyl (C=O) groups is 2. The van der Waals surface area contributed by atoms with Crippen molar-refractivity contribution in [3.63, 3.8) is 0 Å². The molecule has 156 valence electrons. The van der Waals surface area contributed by atoms with Gasteiger partial charge in [-0.25, -0.2) is 4.79 Å². The first-order chi connectivity index (χ1) is 14.5. The molecule has 1 fully saturated rings. The average molecular weight is 408 g/mol. The molecule has 1 aromatic heterocycles. The summed E-state index contributed by atoms with van der Waals surface area (Å²) in [5, 5.41) is 5.78. The van der Waals surface area contributed by atoms with Crippen LogP contribution in [0.5, 0.6) is 5.75 Å². The standard InChI is InChI=1S/C22H24N4O4/c1-14(15-6-10-17(11-7-15)30-13-21(28)24-16-8-9-16)23-20(27)12-26-19-5-3-2-4-18(19)25-22(26)29/h2-7,10-11,14,16H,8-9,12-13H2,1H3,(H,23,27)(H,24,28)(H,25,29). The molecule has 0 aliphatic heterocycles. The predicted octanol–water partition coefficient (Wildman–Crippen LogP) is 1.86. The number of imidazole rings is 1. The van der Waals surface area contributed by atoms with Gasteiger partial charge in [-0.1, -0.05) is 24.3 Å². The zero-order valence-electron chi connectivity index (χ0n) is 16.7. The van der Waals surface area contributed by atoms with E-state index in [1.807, 2.05) is 31.2 Å². The number of para-hydroxylation sites is 2. The first-order valence-electron chi connectivity index (χ1n) is 9.98. The second-order valence-electron chi connectivity index (χ2n) is 7.52. The van der Waals surface area contributed by atoms with Crippen molar-refractivity contribution >= 4 is 22.8 Å². The van der Waals surface area contributed by atoms with Crippen LogP contribution in [0.25, 0.3) is 11.0 Å². The molecule has 0 saturated heterocycles. The number of fused-ring (bicyclic) bond motifs is 1. The number of carbonyl (C=O) groups excluding carboxylic acids is 2. The maximum atomic E-state index is 12.5. The molecular weight excluding hydrogens is 384 g/mol. The lowest BCUT2D eigenvalue weighted by Crippen LogP contribution is -2.33. The smallest absolute Gasteiger partial charge is 0.326 e. The number of aromatic nitrogens is 2. The van der Waals surface area contributed by atoms with Crippen molar-refractivity contribution in [1.29, 1.82) is 0 Å². The van der Waals surface area contributed by atoms with Crippen molar-refractivity contribution in [2.24, 2.45) is 0 Å². The van der Waals surface area contributed by atoms with E-state index < -0.39 is 0 Å². The molecule has 1 aliphatic carbocycles. The third kappa shape index (κ3) is 4.71. The molecular formula is C22H24N4O4. The molecule has 4 rings (SSSR count). The summed E-state index contributed by atoms with van der Waals surface area (Å²) in [6.45, 7) is 1.79. The third-order valence-electron chi connectivity index (χ3n) is 5.05. The molecule has 2 aromatic carbocycles. The Balaban J connectivity index is 1.32. The van der Waals surface area contributed by atoms with Crippen LogP contribution in [0.4, 0.5) is 0 Å². The lowest BCUT2D eigenvalue weighted by atomic mass is 10.1. The van der Waals surface area contributed by atoms with E-state index in [-0.39, 0.29) is 36.7 Å². The van der Waals surface area contributed by atoms with E-state index in [9.17, 15) is 14.4 Å². The summed E-state index contributed by atoms with van der Waals surface area (Å²) < 4.78 is 6.91. The van der Waals surface area contributed by atoms with Crippen LogP contribution in [-0.4, -0.2) is 34.0 Å². The van der Waals surface area contributed by atoms with Gasteiger partial charge in [0.25, 0.3) is 5.91 Å². The molecule has 1 atom stereocenters. The molecule has 30 heavy (non-hydrogen) atoms. The quantitative estimate of drug-likeness (QED) is 0.529. The van der Waals surface area contributed by atoms with Crippen LogP contribution in [0.2, 0.25) is 0 Å². The molecule has 0 radical (unpaired) electrons. The monoisotopic (exact) mass is 408 g/mol. The Labute approximate surface area is 173 Å². The van der Waals surface area contributed by atoms with E-state index in [0.29, 0.717) is 22.8 Å². The van der Waals surface area contributed by atoms with Crippen LogP contribution in [0, 0.1) is 0 Å². The highest BCUT2D eigenvalue weighted by molar-refractivity contribution is 5.80. The van der Waals surface area contributed by atoms with Gasteiger partial charge in [0, 0.05) is 6.04 Å². The highest BCUT2D eigenvalue weighted by Crippen LogP contribution is 2.19. The summed E-state index contributed by atoms with van der Waals surface area (Å²) in [7, 11) is 0. The molecule has 1 saturated carbocycles. The van der Waals surface area contributed by atoms with Gasteiger partial charge in [-0.2, -0.15) is 0 Å². The summed E-state index contributed by atoms with van der Waals surface area (Å²) in [6.07, 6.45) is 2.08. The molecule has 3 aromatic rings. The molecule has 0 spiro atoms. The van der Waals surface area contributed by atoms with Crippen molar-refractivity contribution in [3.05, 3.63) is 64.6 Å². The molecule has 8 nitrogen and oxygen atoms in total. The van der Waals surface area contributed by atoms with Crippen molar-refractivity contribution < 1.29 is 14.3 Å². The molecule has 2 amide bonds. The summed E-state index contributed by atoms with van der Waals surface area (Å²) in [6, 6.07) is 14.6. The number of nitrogens with one attached hydrogen (secondary N) is 3. The number of H-pyrrole nitrogens is 1. The molecule has 0 bridgehead atoms. The summed E-state index contributed by atoms with van der Waals surface area (Å²) in [4.78, 5) is 39.0. The number of amides is 2. The second kappa shape index (κ2) is 8.44. The number of hydrogen-bond acceptors (Lipinski definition) is 4. The lowest BCUT2D eigenvalue weighted by molar-refractivity contribution is -0.123. The van der Waals surface area contributed by atoms with Crippen LogP contribution in [0.15, 0.2) is 53.3 Å². The van der Waals surface area contributed by atoms with Crippen LogP contribution < -0.4 is 21.1 Å². The zero-order valence-corrected chi connectivity index (χ0v) is 16.7. The van der Waals surface area contributed by atoms with Gasteiger partial charge >= 0.3 is 5.69 Å². The van der Waals surface area contributed by atoms with E-state index in [1.165, 1.54) is 4.57 Å². The van der Waals surface area contributed by atoms with Gasteiger partial charge in [-0.15, -0.1) is 0 Å². The minimum Gasteiger partial charge on any atom is -0.484 e. The highest BCUT2D eigenvalue weighted by atomic mass is 16.5. The normalized spacial score (nSPS) is 14.3. The second-order valence-corrected chi connectivity index (χ2v) is 7.52. The van der Waals surface area contributed by atoms with Gasteiger partial charge < -0.3 is 20.4 Å². The number of hydrogen-bond donors (Lipinski definition) is 3. The van der Waals surface area contributed by atoms with E-state index >= 15 is 0 Å². The molecule has 1 unspecified atom stereocenters. The summed E-state index contributed by atoms with van der Waals surface area (Å²) in [5.41, 5.74) is 1.97. The summed E-state index contributed by atoms with van der Waals surface area (Å²) in [5.74, 6) is 0.217. The van der Waals surface area contributed by atoms with Gasteiger partial charge in [-0.05, 0) is 49.6 Å². The fourth-order valence-electron chi connectivity index (χ4n) is 3.28. The molecule has 1 heterocycles. The largest absolute Gasteiger partial charge is 0.484 e. The Hall–Kier alpha value is -3.55. The first-order valence-corrected chi connectivity index (χ1v) is 9.98. The van der Waals surface area contributed by atoms with Crippen molar-refractivity contribution in [1.82, 2.24) is 20.2 Å². The SMILES string of the molecule is CC(NC(=O)Cn1c(=O)[nH]c2ccccc21)c1ccc(OCC(=O)NC2CC2)cc1. The Morgan fingerprint density at radius 2 is 1.87 bits per heavy atom. The van der Waals surface area contributed by atoms with Crippen LogP contribution in [0.3, 0.4) is 0 Å². The van der Waals surface area contributed by atoms with Crippen molar-refractivity contribution in [2.75, 3.05) is 6.61 Å². The number of nitrogens with zero attached hydrogens (tertiary/aromatic N) is 1. The maximum absolute atomic E-state index is 12.5. The van der Waals surface area contributed by atoms with Crippen molar-refractivity contribution in [2.45, 2.75) is 38.4 Å². The lowest BCUT2D eigenvalue weighted by Gasteiger charge is -2.15. The fraction of sp³-hybridized carbons (Fsp3) is 0.318. The Kier molecular flexibility index (Phi) is 5.56. The van der Waals surface area contributed by atoms with Crippen LogP contribution >= 0.6 is 0 Å². The Morgan fingerprint density at radius 1 is 1.13 bits per heavy atom. The fourth-order valence-corrected chi connectivity index (χ4v) is 3.28. The van der Waals surface area contributed by atoms with Gasteiger partial charge in [-0.3, -0.25) is 14.2 Å². The number of benzene rings is 2. The molecule has 8 heteroatoms. The van der Waals surface area contributed by atoms with Crippen LogP contribution in [0.1, 0.15) is 31.4 Å². The molecule has 1 aliphatic rings. The topological polar surface area (TPSA) is 105 Å². The van der Waals surface area contributed by atoms with E-state index in [1.54, 1.807) is 24.3 Å². The first kappa shape index (κ1) is 19.8. The van der Waals surface area contributed by atoms with Gasteiger partial charge in [0.2, 0.25) is 5.91 Å². The van der Waals surface area contributed by atoms with Crippen LogP contribution in [-0.2, 0) is 16.1 Å². The van der Waals surface area contributed by atoms with E-state index in [0.717, 1.165) is 18.4 Å². The minimum atomic E-state index is -0.314. The van der Waals surface area contributed by atoms with E-state index in [4.69, 9.17) is 4.74 Å². The zero-order chi connectivity index (χ0) is 21.1. The highest BCUT2D eigenvalue weighted by Gasteiger charge is 2.23. The minimum absolute atomic E-state index is 0.0124. The maximum Gasteiger partial charge on any atom is 0.326 e. The van der Waals surface area contributed by atoms with Gasteiger partial charge in [0.15, 0.2) is 6.61 Å². The number of aromatic amines is 1. The average Bonchev–Trinajstić information content (AvgIpc) is 3.49. The number of ether oxygens (including phenoxy) is 1. The summed E-state index contributed by atoms with van der Waals surface area (Å²) >= 11 is 0. The third-order valence-corrected chi connectivity index (χ3v) is 5.05. The Bertz CT molecular complexity index is 1110. The van der Waals surface area contributed by atoms with Crippen molar-refractivity contribution in [3.8, 4) is 5.75 Å². The predicted molar refractivity (Wildman–Crippen MR) is 112 cm³/mol. The van der Waals surface area contributed by atoms with Gasteiger partial charge in [0.05, 0.1) is 17.1 Å². The molecule has 3 N–H and O–H groups in total. The van der Waals surface area contributed by atoms with Gasteiger partial charge in [0.1, 0.15) is 12.3 Å². The Morgan fingerprint density at radius 3 is 2.60 bits per heavy atom. The van der Waals surface area contributed by atoms with E-state index in [2.05, 4.69) is 15.6 Å².